The van der Waals surface area contributed by atoms with Crippen LogP contribution in [-0.4, -0.2) is 225 Å². The van der Waals surface area contributed by atoms with E-state index in [1.807, 2.05) is 0 Å². The van der Waals surface area contributed by atoms with Crippen molar-refractivity contribution >= 4 is 94.6 Å². The summed E-state index contributed by atoms with van der Waals surface area (Å²) in [7, 11) is 0. The third kappa shape index (κ3) is 32.1. The van der Waals surface area contributed by atoms with E-state index in [0.717, 1.165) is 20.8 Å². The summed E-state index contributed by atoms with van der Waals surface area (Å²) in [4.78, 5) is 210. The number of aromatic hydroxyl groups is 1. The molecule has 0 saturated carbocycles. The smallest absolute Gasteiger partial charge is 0.303 e. The molecule has 15 amide bonds. The molecule has 1 rings (SSSR count). The van der Waals surface area contributed by atoms with Crippen molar-refractivity contribution in [1.29, 1.82) is 0 Å². The number of nitrogens with two attached hydrogens (primary N) is 5. The summed E-state index contributed by atoms with van der Waals surface area (Å²) < 4.78 is 0. The molecule has 0 aliphatic heterocycles. The zero-order valence-electron chi connectivity index (χ0n) is 55.1. The molecule has 97 heavy (non-hydrogen) atoms. The Hall–Kier alpha value is -9.66. The number of nitrogens with one attached hydrogen (secondary N) is 12. The topological polar surface area (TPSA) is 649 Å². The number of rotatable bonds is 47. The minimum atomic E-state index is -1.91. The Morgan fingerprint density at radius 3 is 1.27 bits per heavy atom. The van der Waals surface area contributed by atoms with Crippen molar-refractivity contribution in [2.24, 2.45) is 34.6 Å². The van der Waals surface area contributed by atoms with E-state index in [1.165, 1.54) is 31.2 Å². The lowest BCUT2D eigenvalue weighted by Gasteiger charge is -2.29. The molecule has 0 aliphatic rings. The maximum Gasteiger partial charge on any atom is 0.303 e. The molecular formula is C59H97N17O21. The standard InChI is InChI=1S/C59H97N17O21/c1-7-28(2)46(75-52(90)37(13-9-11-23-61)69-55(93)40(25-44(63)83)71-49(87)29(3)65-32(6)80)58(96)74-42(27-78)57(95)72-39(24-33-14-16-34(81)17-15-33)54(92)70-38(18-20-43(62)82)51(89)73-41(26-77)56(94)66-30(4)50(88)68-36(12-8-10-22-60)53(91)76-47(31(5)79)59(97)67-35(48(64)86)19-21-45(84)85/h14-17,28-31,35-42,46-47,77-79,81H,7-13,18-27,60-61H2,1-6H3,(H2,62,82)(H2,63,83)(H2,64,86)(H,65,80)(H,66,94)(H,67,97)(H,68,88)(H,69,93)(H,70,92)(H,71,87)(H,72,95)(H,73,89)(H,74,96)(H,75,90)(H,76,91)(H,84,85)/t28-,29-,30-,31+,35-,36-,37-,38-,39-,40-,41-,42-,46-,47-/m0/s1. The SMILES string of the molecule is CC[C@H](C)[C@H](NC(=O)[C@H](CCCCN)NC(=O)[C@H](CC(N)=O)NC(=O)[C@H](C)NC(C)=O)C(=O)N[C@@H](CO)C(=O)N[C@@H](Cc1ccc(O)cc1)C(=O)N[C@@H](CCC(N)=O)C(=O)N[C@@H](CO)C(=O)N[C@@H](C)C(=O)N[C@@H](CCCCN)C(=O)N[C@H](C(=O)N[C@@H](CCC(=O)O)C(N)=O)[C@@H](C)O. The average molecular weight is 1380 g/mol. The molecule has 38 heteroatoms. The molecule has 1 aromatic rings. The lowest BCUT2D eigenvalue weighted by molar-refractivity contribution is -0.138. The molecule has 1 aromatic carbocycles. The van der Waals surface area contributed by atoms with E-state index < -0.39 is 231 Å². The van der Waals surface area contributed by atoms with Crippen LogP contribution in [0, 0.1) is 5.92 Å². The molecule has 14 atom stereocenters. The van der Waals surface area contributed by atoms with Gasteiger partial charge in [-0.25, -0.2) is 0 Å². The van der Waals surface area contributed by atoms with Crippen LogP contribution < -0.4 is 92.5 Å². The number of carbonyl (C=O) groups excluding carboxylic acids is 15. The quantitative estimate of drug-likeness (QED) is 0.0270. The zero-order valence-corrected chi connectivity index (χ0v) is 55.1. The predicted molar refractivity (Wildman–Crippen MR) is 341 cm³/mol. The average Bonchev–Trinajstić information content (AvgIpc) is 0.886. The number of hydrogen-bond donors (Lipinski definition) is 22. The largest absolute Gasteiger partial charge is 0.508 e. The van der Waals surface area contributed by atoms with Crippen molar-refractivity contribution in [2.75, 3.05) is 26.3 Å². The molecule has 0 unspecified atom stereocenters. The maximum absolute atomic E-state index is 14.4. The van der Waals surface area contributed by atoms with Gasteiger partial charge in [0, 0.05) is 26.2 Å². The van der Waals surface area contributed by atoms with Gasteiger partial charge in [-0.05, 0) is 109 Å². The summed E-state index contributed by atoms with van der Waals surface area (Å²) in [5.74, 6) is -17.9. The van der Waals surface area contributed by atoms with Crippen molar-refractivity contribution in [2.45, 2.75) is 204 Å². The summed E-state index contributed by atoms with van der Waals surface area (Å²) in [5.41, 5.74) is 27.7. The van der Waals surface area contributed by atoms with Crippen LogP contribution in [0.2, 0.25) is 0 Å². The van der Waals surface area contributed by atoms with E-state index in [0.29, 0.717) is 12.8 Å². The normalized spacial score (nSPS) is 15.3. The van der Waals surface area contributed by atoms with Crippen LogP contribution in [-0.2, 0) is 83.1 Å². The first kappa shape index (κ1) is 85.4. The number of hydrogen-bond acceptors (Lipinski definition) is 22. The molecule has 0 spiro atoms. The predicted octanol–water partition coefficient (Wildman–Crippen LogP) is -9.03. The number of aliphatic hydroxyl groups is 3. The number of unbranched alkanes of at least 4 members (excludes halogenated alkanes) is 2. The fraction of sp³-hybridized carbons (Fsp3) is 0.627. The van der Waals surface area contributed by atoms with Crippen LogP contribution >= 0.6 is 0 Å². The third-order valence-corrected chi connectivity index (χ3v) is 14.9. The number of amides is 15. The minimum Gasteiger partial charge on any atom is -0.508 e. The number of carbonyl (C=O) groups is 16. The van der Waals surface area contributed by atoms with E-state index in [1.54, 1.807) is 13.8 Å². The van der Waals surface area contributed by atoms with Crippen molar-refractivity contribution in [3.05, 3.63) is 29.8 Å². The van der Waals surface area contributed by atoms with Crippen LogP contribution in [0.25, 0.3) is 0 Å². The van der Waals surface area contributed by atoms with Crippen LogP contribution in [0.15, 0.2) is 24.3 Å². The molecule has 0 bridgehead atoms. The Bertz CT molecular complexity index is 2890. The Morgan fingerprint density at radius 1 is 0.433 bits per heavy atom. The maximum atomic E-state index is 14.4. The monoisotopic (exact) mass is 1380 g/mol. The van der Waals surface area contributed by atoms with Gasteiger partial charge in [0.15, 0.2) is 0 Å². The fourth-order valence-corrected chi connectivity index (χ4v) is 9.08. The first-order chi connectivity index (χ1) is 45.5. The van der Waals surface area contributed by atoms with E-state index in [2.05, 4.69) is 63.8 Å². The Labute approximate surface area is 559 Å². The van der Waals surface area contributed by atoms with Gasteiger partial charge < -0.3 is 118 Å². The second kappa shape index (κ2) is 44.2. The Morgan fingerprint density at radius 2 is 0.814 bits per heavy atom. The van der Waals surface area contributed by atoms with Gasteiger partial charge in [-0.2, -0.15) is 0 Å². The van der Waals surface area contributed by atoms with E-state index >= 15 is 0 Å². The van der Waals surface area contributed by atoms with Gasteiger partial charge in [0.1, 0.15) is 78.3 Å². The van der Waals surface area contributed by atoms with E-state index in [-0.39, 0.29) is 56.5 Å². The molecule has 0 aromatic heterocycles. The van der Waals surface area contributed by atoms with Crippen LogP contribution in [0.3, 0.4) is 0 Å². The molecule has 0 saturated heterocycles. The van der Waals surface area contributed by atoms with Gasteiger partial charge in [-0.3, -0.25) is 76.7 Å². The lowest BCUT2D eigenvalue weighted by Crippen LogP contribution is -2.62. The zero-order chi connectivity index (χ0) is 73.8. The number of carboxylic acid groups (broad SMARTS) is 1. The van der Waals surface area contributed by atoms with Gasteiger partial charge in [0.25, 0.3) is 0 Å². The van der Waals surface area contributed by atoms with Gasteiger partial charge in [-0.1, -0.05) is 32.4 Å². The van der Waals surface area contributed by atoms with Crippen molar-refractivity contribution < 1.29 is 102 Å². The van der Waals surface area contributed by atoms with Gasteiger partial charge in [0.05, 0.1) is 25.7 Å². The summed E-state index contributed by atoms with van der Waals surface area (Å²) in [6.45, 7) is 5.93. The van der Waals surface area contributed by atoms with E-state index in [9.17, 15) is 97.1 Å². The van der Waals surface area contributed by atoms with Crippen LogP contribution in [0.4, 0.5) is 0 Å². The van der Waals surface area contributed by atoms with Crippen molar-refractivity contribution in [3.63, 3.8) is 0 Å². The number of aliphatic carboxylic acids is 1. The number of benzene rings is 1. The second-order valence-corrected chi connectivity index (χ2v) is 23.1. The molecule has 0 radical (unpaired) electrons. The Kier molecular flexibility index (Phi) is 38.8. The van der Waals surface area contributed by atoms with E-state index in [4.69, 9.17) is 33.8 Å². The summed E-state index contributed by atoms with van der Waals surface area (Å²) >= 11 is 0. The van der Waals surface area contributed by atoms with Gasteiger partial charge in [0.2, 0.25) is 88.6 Å². The molecule has 0 aliphatic carbocycles. The highest BCUT2D eigenvalue weighted by Crippen LogP contribution is 2.15. The summed E-state index contributed by atoms with van der Waals surface area (Å²) in [6.07, 6.45) is -3.84. The number of phenolic OH excluding ortho intramolecular Hbond substituents is 1. The lowest BCUT2D eigenvalue weighted by atomic mass is 9.97. The van der Waals surface area contributed by atoms with Gasteiger partial charge >= 0.3 is 5.97 Å². The molecule has 0 heterocycles. The van der Waals surface area contributed by atoms with Gasteiger partial charge in [-0.15, -0.1) is 0 Å². The molecule has 27 N–H and O–H groups in total. The number of phenols is 1. The molecule has 38 nitrogen and oxygen atoms in total. The fourth-order valence-electron chi connectivity index (χ4n) is 9.08. The van der Waals surface area contributed by atoms with Crippen molar-refractivity contribution in [3.8, 4) is 5.75 Å². The highest BCUT2D eigenvalue weighted by atomic mass is 16.4. The third-order valence-electron chi connectivity index (χ3n) is 14.9. The molecule has 544 valence electrons. The molecule has 0 fully saturated rings. The van der Waals surface area contributed by atoms with Crippen molar-refractivity contribution in [1.82, 2.24) is 63.8 Å². The minimum absolute atomic E-state index is 0.0902. The summed E-state index contributed by atoms with van der Waals surface area (Å²) in [6, 6.07) is -14.3. The first-order valence-corrected chi connectivity index (χ1v) is 31.3. The highest BCUT2D eigenvalue weighted by molar-refractivity contribution is 6.00. The number of primary amides is 3. The van der Waals surface area contributed by atoms with Crippen LogP contribution in [0.1, 0.15) is 124 Å². The number of carboxylic acids is 1. The first-order valence-electron chi connectivity index (χ1n) is 31.3. The second-order valence-electron chi connectivity index (χ2n) is 23.1. The number of aliphatic hydroxyl groups excluding tert-OH is 3. The highest BCUT2D eigenvalue weighted by Gasteiger charge is 2.38. The Balaban J connectivity index is 3.54. The molecular weight excluding hydrogens is 1280 g/mol. The summed E-state index contributed by atoms with van der Waals surface area (Å²) in [5, 5.41) is 78.5. The van der Waals surface area contributed by atoms with Crippen LogP contribution in [0.5, 0.6) is 5.75 Å².